The maximum atomic E-state index is 12.2. The quantitative estimate of drug-likeness (QED) is 0.628. The van der Waals surface area contributed by atoms with E-state index in [1.165, 1.54) is 19.1 Å². The number of nitrogens with zero attached hydrogens (tertiary/aromatic N) is 2. The Balaban J connectivity index is 2.21. The number of amides is 1. The third-order valence-electron chi connectivity index (χ3n) is 3.09. The van der Waals surface area contributed by atoms with Crippen molar-refractivity contribution < 1.29 is 19.5 Å². The van der Waals surface area contributed by atoms with Gasteiger partial charge in [0.05, 0.1) is 11.3 Å². The predicted octanol–water partition coefficient (Wildman–Crippen LogP) is 3.06. The number of azo groups is 1. The molecule has 24 heavy (non-hydrogen) atoms. The van der Waals surface area contributed by atoms with E-state index in [9.17, 15) is 14.4 Å². The third kappa shape index (κ3) is 4.33. The lowest BCUT2D eigenvalue weighted by Gasteiger charge is -2.09. The third-order valence-corrected chi connectivity index (χ3v) is 3.09. The fourth-order valence-electron chi connectivity index (χ4n) is 1.91. The van der Waals surface area contributed by atoms with Gasteiger partial charge >= 0.3 is 5.97 Å². The Bertz CT molecular complexity index is 787. The molecule has 2 rings (SSSR count). The van der Waals surface area contributed by atoms with Crippen LogP contribution in [0.3, 0.4) is 0 Å². The lowest BCUT2D eigenvalue weighted by Crippen LogP contribution is -2.31. The molecule has 122 valence electrons. The van der Waals surface area contributed by atoms with Crippen LogP contribution in [0.5, 0.6) is 0 Å². The zero-order valence-corrected chi connectivity index (χ0v) is 12.8. The lowest BCUT2D eigenvalue weighted by atomic mass is 10.2. The Morgan fingerprint density at radius 2 is 1.62 bits per heavy atom. The average molecular weight is 325 g/mol. The standard InChI is InChI=1S/C17H15N3O4/c1-11(21)15(16(22)18-12-7-3-2-4-8-12)20-19-14-10-6-5-9-13(14)17(23)24/h2-10,15H,1H3,(H,18,22)(H,23,24)/b20-19+. The first-order valence-corrected chi connectivity index (χ1v) is 7.08. The monoisotopic (exact) mass is 325 g/mol. The molecule has 0 aliphatic carbocycles. The predicted molar refractivity (Wildman–Crippen MR) is 87.5 cm³/mol. The number of anilines is 1. The zero-order valence-electron chi connectivity index (χ0n) is 12.8. The summed E-state index contributed by atoms with van der Waals surface area (Å²) in [5, 5.41) is 19.2. The number of Topliss-reactive ketones (excluding diaryl/α,β-unsaturated/α-hetero) is 1. The van der Waals surface area contributed by atoms with E-state index in [0.717, 1.165) is 0 Å². The molecule has 0 aliphatic rings. The lowest BCUT2D eigenvalue weighted by molar-refractivity contribution is -0.126. The summed E-state index contributed by atoms with van der Waals surface area (Å²) in [6.07, 6.45) is 0. The van der Waals surface area contributed by atoms with Gasteiger partial charge in [0.2, 0.25) is 6.04 Å². The number of rotatable bonds is 6. The van der Waals surface area contributed by atoms with Crippen LogP contribution in [0, 0.1) is 0 Å². The molecule has 0 aromatic heterocycles. The molecule has 0 fully saturated rings. The van der Waals surface area contributed by atoms with Gasteiger partial charge in [-0.25, -0.2) is 4.79 Å². The van der Waals surface area contributed by atoms with Gasteiger partial charge in [-0.3, -0.25) is 9.59 Å². The van der Waals surface area contributed by atoms with Crippen molar-refractivity contribution in [3.8, 4) is 0 Å². The molecular formula is C17H15N3O4. The number of aromatic carboxylic acids is 1. The Morgan fingerprint density at radius 3 is 2.25 bits per heavy atom. The van der Waals surface area contributed by atoms with Gasteiger partial charge < -0.3 is 10.4 Å². The summed E-state index contributed by atoms with van der Waals surface area (Å²) >= 11 is 0. The number of carboxylic acids is 1. The van der Waals surface area contributed by atoms with Crippen molar-refractivity contribution in [3.63, 3.8) is 0 Å². The van der Waals surface area contributed by atoms with Gasteiger partial charge in [0.25, 0.3) is 5.91 Å². The minimum absolute atomic E-state index is 0.0629. The number of carbonyl (C=O) groups excluding carboxylic acids is 2. The summed E-state index contributed by atoms with van der Waals surface area (Å²) in [4.78, 5) is 35.0. The second-order valence-corrected chi connectivity index (χ2v) is 4.91. The molecule has 2 aromatic rings. The molecule has 2 aromatic carbocycles. The van der Waals surface area contributed by atoms with Crippen molar-refractivity contribution in [1.29, 1.82) is 0 Å². The van der Waals surface area contributed by atoms with Crippen molar-refractivity contribution in [3.05, 3.63) is 60.2 Å². The summed E-state index contributed by atoms with van der Waals surface area (Å²) in [6, 6.07) is 13.2. The Labute approximate surface area is 138 Å². The normalized spacial score (nSPS) is 11.9. The van der Waals surface area contributed by atoms with E-state index in [0.29, 0.717) is 5.69 Å². The molecule has 0 bridgehead atoms. The summed E-state index contributed by atoms with van der Waals surface area (Å²) in [6.45, 7) is 1.22. The SMILES string of the molecule is CC(=O)C(/N=N/c1ccccc1C(=O)O)C(=O)Nc1ccccc1. The highest BCUT2D eigenvalue weighted by atomic mass is 16.4. The first kappa shape index (κ1) is 17.0. The van der Waals surface area contributed by atoms with Crippen molar-refractivity contribution in [2.24, 2.45) is 10.2 Å². The molecule has 1 amide bonds. The molecule has 0 saturated heterocycles. The van der Waals surface area contributed by atoms with E-state index in [1.54, 1.807) is 42.5 Å². The van der Waals surface area contributed by atoms with Gasteiger partial charge in [0, 0.05) is 5.69 Å². The molecule has 2 N–H and O–H groups in total. The smallest absolute Gasteiger partial charge is 0.337 e. The summed E-state index contributed by atoms with van der Waals surface area (Å²) in [5.41, 5.74) is 0.533. The second-order valence-electron chi connectivity index (χ2n) is 4.91. The zero-order chi connectivity index (χ0) is 17.5. The van der Waals surface area contributed by atoms with Crippen LogP contribution in [-0.4, -0.2) is 28.8 Å². The number of nitrogens with one attached hydrogen (secondary N) is 1. The minimum atomic E-state index is -1.35. The van der Waals surface area contributed by atoms with Crippen molar-refractivity contribution in [1.82, 2.24) is 0 Å². The van der Waals surface area contributed by atoms with E-state index >= 15 is 0 Å². The fraction of sp³-hybridized carbons (Fsp3) is 0.118. The van der Waals surface area contributed by atoms with Gasteiger partial charge in [-0.05, 0) is 31.2 Å². The Kier molecular flexibility index (Phi) is 5.51. The molecular weight excluding hydrogens is 310 g/mol. The highest BCUT2D eigenvalue weighted by Gasteiger charge is 2.23. The van der Waals surface area contributed by atoms with Gasteiger partial charge in [-0.15, -0.1) is 0 Å². The number of ketones is 1. The van der Waals surface area contributed by atoms with Crippen molar-refractivity contribution in [2.45, 2.75) is 13.0 Å². The Hall–Kier alpha value is -3.35. The first-order chi connectivity index (χ1) is 11.5. The highest BCUT2D eigenvalue weighted by molar-refractivity contribution is 6.10. The molecule has 0 aliphatic heterocycles. The maximum absolute atomic E-state index is 12.2. The molecule has 0 heterocycles. The van der Waals surface area contributed by atoms with Crippen LogP contribution in [0.25, 0.3) is 0 Å². The van der Waals surface area contributed by atoms with E-state index in [1.807, 2.05) is 0 Å². The van der Waals surface area contributed by atoms with Crippen LogP contribution in [0.2, 0.25) is 0 Å². The van der Waals surface area contributed by atoms with Crippen LogP contribution in [0.15, 0.2) is 64.8 Å². The van der Waals surface area contributed by atoms with E-state index in [2.05, 4.69) is 15.5 Å². The molecule has 1 unspecified atom stereocenters. The summed E-state index contributed by atoms with van der Waals surface area (Å²) in [5.74, 6) is -2.30. The molecule has 7 nitrogen and oxygen atoms in total. The van der Waals surface area contributed by atoms with E-state index < -0.39 is 23.7 Å². The number of carbonyl (C=O) groups is 3. The van der Waals surface area contributed by atoms with E-state index in [4.69, 9.17) is 5.11 Å². The average Bonchev–Trinajstić information content (AvgIpc) is 2.56. The molecule has 0 saturated carbocycles. The number of benzene rings is 2. The molecule has 1 atom stereocenters. The van der Waals surface area contributed by atoms with Gasteiger partial charge in [0.1, 0.15) is 0 Å². The second kappa shape index (κ2) is 7.77. The number of carboxylic acid groups (broad SMARTS) is 1. The minimum Gasteiger partial charge on any atom is -0.478 e. The molecule has 7 heteroatoms. The summed E-state index contributed by atoms with van der Waals surface area (Å²) in [7, 11) is 0. The van der Waals surface area contributed by atoms with Gasteiger partial charge in [-0.2, -0.15) is 10.2 Å². The van der Waals surface area contributed by atoms with Crippen LogP contribution < -0.4 is 5.32 Å². The number of hydrogen-bond donors (Lipinski definition) is 2. The Morgan fingerprint density at radius 1 is 1.00 bits per heavy atom. The van der Waals surface area contributed by atoms with Crippen LogP contribution >= 0.6 is 0 Å². The van der Waals surface area contributed by atoms with Crippen molar-refractivity contribution >= 4 is 29.0 Å². The van der Waals surface area contributed by atoms with Crippen LogP contribution in [-0.2, 0) is 9.59 Å². The van der Waals surface area contributed by atoms with E-state index in [-0.39, 0.29) is 11.3 Å². The maximum Gasteiger partial charge on any atom is 0.337 e. The number of para-hydroxylation sites is 1. The topological polar surface area (TPSA) is 108 Å². The van der Waals surface area contributed by atoms with Crippen molar-refractivity contribution in [2.75, 3.05) is 5.32 Å². The van der Waals surface area contributed by atoms with Crippen LogP contribution in [0.4, 0.5) is 11.4 Å². The van der Waals surface area contributed by atoms with Gasteiger partial charge in [0.15, 0.2) is 5.78 Å². The highest BCUT2D eigenvalue weighted by Crippen LogP contribution is 2.20. The largest absolute Gasteiger partial charge is 0.478 e. The van der Waals surface area contributed by atoms with Crippen LogP contribution in [0.1, 0.15) is 17.3 Å². The molecule has 0 radical (unpaired) electrons. The number of hydrogen-bond acceptors (Lipinski definition) is 5. The van der Waals surface area contributed by atoms with Gasteiger partial charge in [-0.1, -0.05) is 30.3 Å². The fourth-order valence-corrected chi connectivity index (χ4v) is 1.91. The summed E-state index contributed by atoms with van der Waals surface area (Å²) < 4.78 is 0. The first-order valence-electron chi connectivity index (χ1n) is 7.08. The molecule has 0 spiro atoms.